The van der Waals surface area contributed by atoms with Crippen molar-refractivity contribution in [2.75, 3.05) is 6.54 Å². The van der Waals surface area contributed by atoms with Crippen molar-refractivity contribution in [1.82, 2.24) is 15.3 Å². The third kappa shape index (κ3) is 2.46. The van der Waals surface area contributed by atoms with Crippen LogP contribution in [-0.2, 0) is 19.3 Å². The molecule has 0 radical (unpaired) electrons. The monoisotopic (exact) mass is 341 g/mol. The van der Waals surface area contributed by atoms with Gasteiger partial charge in [-0.15, -0.1) is 0 Å². The summed E-state index contributed by atoms with van der Waals surface area (Å²) in [4.78, 5) is 20.6. The lowest BCUT2D eigenvalue weighted by Crippen LogP contribution is -2.26. The van der Waals surface area contributed by atoms with E-state index < -0.39 is 0 Å². The molecule has 1 aliphatic rings. The van der Waals surface area contributed by atoms with E-state index in [2.05, 4.69) is 39.6 Å². The first-order chi connectivity index (χ1) is 12.8. The molecule has 3 aromatic carbocycles. The van der Waals surface area contributed by atoms with Crippen LogP contribution in [0.4, 0.5) is 0 Å². The van der Waals surface area contributed by atoms with E-state index in [0.29, 0.717) is 13.0 Å². The second kappa shape index (κ2) is 5.99. The van der Waals surface area contributed by atoms with Crippen molar-refractivity contribution >= 4 is 27.7 Å². The van der Waals surface area contributed by atoms with Gasteiger partial charge in [-0.25, -0.2) is 4.98 Å². The second-order valence-corrected chi connectivity index (χ2v) is 6.82. The van der Waals surface area contributed by atoms with Crippen molar-refractivity contribution in [3.05, 3.63) is 77.1 Å². The average molecular weight is 341 g/mol. The lowest BCUT2D eigenvalue weighted by Gasteiger charge is -2.09. The number of hydrogen-bond donors (Lipinski definition) is 2. The Morgan fingerprint density at radius 3 is 2.73 bits per heavy atom. The number of nitrogens with one attached hydrogen (secondary N) is 2. The number of aromatic amines is 1. The molecule has 0 atom stereocenters. The van der Waals surface area contributed by atoms with Crippen LogP contribution in [0.2, 0.25) is 0 Å². The summed E-state index contributed by atoms with van der Waals surface area (Å²) >= 11 is 0. The van der Waals surface area contributed by atoms with Gasteiger partial charge in [-0.1, -0.05) is 36.4 Å². The second-order valence-electron chi connectivity index (χ2n) is 6.82. The third-order valence-electron chi connectivity index (χ3n) is 5.21. The Morgan fingerprint density at radius 1 is 1.00 bits per heavy atom. The summed E-state index contributed by atoms with van der Waals surface area (Å²) < 4.78 is 0. The first-order valence-electron chi connectivity index (χ1n) is 9.05. The minimum atomic E-state index is -0.0169. The topological polar surface area (TPSA) is 57.8 Å². The van der Waals surface area contributed by atoms with E-state index in [1.165, 1.54) is 16.5 Å². The maximum Gasteiger partial charge on any atom is 0.251 e. The highest BCUT2D eigenvalue weighted by molar-refractivity contribution is 6.09. The van der Waals surface area contributed by atoms with Gasteiger partial charge in [0.15, 0.2) is 0 Å². The number of benzene rings is 3. The van der Waals surface area contributed by atoms with Gasteiger partial charge in [-0.3, -0.25) is 4.79 Å². The first kappa shape index (κ1) is 15.1. The van der Waals surface area contributed by atoms with Crippen molar-refractivity contribution in [2.24, 2.45) is 0 Å². The molecule has 4 aromatic rings. The van der Waals surface area contributed by atoms with E-state index in [0.717, 1.165) is 40.6 Å². The van der Waals surface area contributed by atoms with Gasteiger partial charge in [-0.2, -0.15) is 0 Å². The minimum absolute atomic E-state index is 0.0169. The fraction of sp³-hybridized carbons (Fsp3) is 0.182. The predicted octanol–water partition coefficient (Wildman–Crippen LogP) is 3.79. The fourth-order valence-corrected chi connectivity index (χ4v) is 3.96. The van der Waals surface area contributed by atoms with E-state index in [-0.39, 0.29) is 5.91 Å². The number of aromatic nitrogens is 2. The average Bonchev–Trinajstić information content (AvgIpc) is 3.27. The summed E-state index contributed by atoms with van der Waals surface area (Å²) in [5, 5.41) is 5.39. The molecule has 26 heavy (non-hydrogen) atoms. The maximum atomic E-state index is 12.7. The van der Waals surface area contributed by atoms with Crippen LogP contribution in [0.15, 0.2) is 54.6 Å². The minimum Gasteiger partial charge on any atom is -0.352 e. The quantitative estimate of drug-likeness (QED) is 0.593. The van der Waals surface area contributed by atoms with Crippen LogP contribution in [0.5, 0.6) is 0 Å². The largest absolute Gasteiger partial charge is 0.352 e. The lowest BCUT2D eigenvalue weighted by atomic mass is 9.99. The Labute approximate surface area is 151 Å². The maximum absolute atomic E-state index is 12.7. The number of rotatable bonds is 4. The fourth-order valence-electron chi connectivity index (χ4n) is 3.96. The number of H-pyrrole nitrogens is 1. The van der Waals surface area contributed by atoms with E-state index in [1.807, 2.05) is 30.3 Å². The molecule has 0 saturated heterocycles. The van der Waals surface area contributed by atoms with Crippen LogP contribution in [0, 0.1) is 0 Å². The van der Waals surface area contributed by atoms with Crippen molar-refractivity contribution in [3.8, 4) is 0 Å². The molecule has 1 aliphatic carbocycles. The zero-order valence-corrected chi connectivity index (χ0v) is 14.4. The molecule has 5 rings (SSSR count). The predicted molar refractivity (Wildman–Crippen MR) is 103 cm³/mol. The van der Waals surface area contributed by atoms with Gasteiger partial charge in [0.2, 0.25) is 0 Å². The van der Waals surface area contributed by atoms with Gasteiger partial charge >= 0.3 is 0 Å². The van der Waals surface area contributed by atoms with E-state index in [4.69, 9.17) is 0 Å². The van der Waals surface area contributed by atoms with Crippen LogP contribution in [-0.4, -0.2) is 22.4 Å². The summed E-state index contributed by atoms with van der Waals surface area (Å²) in [5.74, 6) is 0.878. The highest BCUT2D eigenvalue weighted by Gasteiger charge is 2.18. The molecule has 0 unspecified atom stereocenters. The number of carbonyl (C=O) groups excluding carboxylic acids is 1. The number of para-hydroxylation sites is 2. The smallest absolute Gasteiger partial charge is 0.251 e. The van der Waals surface area contributed by atoms with Crippen LogP contribution in [0.25, 0.3) is 21.8 Å². The summed E-state index contributed by atoms with van der Waals surface area (Å²) in [6, 6.07) is 18.3. The Hall–Kier alpha value is -3.14. The highest BCUT2D eigenvalue weighted by atomic mass is 16.1. The number of carbonyl (C=O) groups is 1. The normalized spacial score (nSPS) is 12.8. The number of amides is 1. The van der Waals surface area contributed by atoms with Gasteiger partial charge in [0.25, 0.3) is 5.91 Å². The number of nitrogens with zero attached hydrogens (tertiary/aromatic N) is 1. The molecule has 0 bridgehead atoms. The number of imidazole rings is 1. The van der Waals surface area contributed by atoms with Crippen molar-refractivity contribution in [1.29, 1.82) is 0 Å². The van der Waals surface area contributed by atoms with E-state index in [9.17, 15) is 4.79 Å². The standard InChI is InChI=1S/C22H19N3O/c26-22(23-13-12-20-24-18-6-1-2-7-19(18)25-20)17-11-10-15-9-8-14-4-3-5-16(17)21(14)15/h1-7,10-11H,8-9,12-13H2,(H,23,26)(H,24,25). The number of hydrogen-bond acceptors (Lipinski definition) is 2. The Morgan fingerprint density at radius 2 is 1.85 bits per heavy atom. The van der Waals surface area contributed by atoms with Gasteiger partial charge in [0, 0.05) is 18.5 Å². The molecule has 0 spiro atoms. The summed E-state index contributed by atoms with van der Waals surface area (Å²) in [7, 11) is 0. The van der Waals surface area contributed by atoms with Crippen molar-refractivity contribution < 1.29 is 4.79 Å². The number of aryl methyl sites for hydroxylation is 2. The Kier molecular flexibility index (Phi) is 3.49. The molecule has 1 aromatic heterocycles. The first-order valence-corrected chi connectivity index (χ1v) is 9.05. The molecule has 4 nitrogen and oxygen atoms in total. The zero-order chi connectivity index (χ0) is 17.5. The van der Waals surface area contributed by atoms with Crippen LogP contribution in [0.3, 0.4) is 0 Å². The Bertz CT molecular complexity index is 1100. The SMILES string of the molecule is O=C(NCCc1nc2ccccc2[nH]1)c1ccc2c3c(cccc13)CC2. The van der Waals surface area contributed by atoms with Gasteiger partial charge in [-0.05, 0) is 52.9 Å². The van der Waals surface area contributed by atoms with E-state index in [1.54, 1.807) is 0 Å². The van der Waals surface area contributed by atoms with Gasteiger partial charge in [0.1, 0.15) is 5.82 Å². The third-order valence-corrected chi connectivity index (χ3v) is 5.21. The van der Waals surface area contributed by atoms with Crippen molar-refractivity contribution in [2.45, 2.75) is 19.3 Å². The van der Waals surface area contributed by atoms with Gasteiger partial charge < -0.3 is 10.3 Å². The molecule has 0 fully saturated rings. The van der Waals surface area contributed by atoms with E-state index >= 15 is 0 Å². The van der Waals surface area contributed by atoms with Crippen molar-refractivity contribution in [3.63, 3.8) is 0 Å². The molecule has 2 N–H and O–H groups in total. The number of fused-ring (bicyclic) bond motifs is 1. The van der Waals surface area contributed by atoms with Crippen LogP contribution >= 0.6 is 0 Å². The van der Waals surface area contributed by atoms with Crippen LogP contribution < -0.4 is 5.32 Å². The van der Waals surface area contributed by atoms with Gasteiger partial charge in [0.05, 0.1) is 11.0 Å². The molecule has 1 amide bonds. The molecule has 128 valence electrons. The Balaban J connectivity index is 1.34. The molecular weight excluding hydrogens is 322 g/mol. The molecule has 1 heterocycles. The molecular formula is C22H19N3O. The summed E-state index contributed by atoms with van der Waals surface area (Å²) in [5.41, 5.74) is 5.46. The molecule has 0 aliphatic heterocycles. The zero-order valence-electron chi connectivity index (χ0n) is 14.4. The lowest BCUT2D eigenvalue weighted by molar-refractivity contribution is 0.0955. The molecule has 4 heteroatoms. The molecule has 0 saturated carbocycles. The summed E-state index contributed by atoms with van der Waals surface area (Å²) in [6.07, 6.45) is 2.83. The van der Waals surface area contributed by atoms with Crippen LogP contribution in [0.1, 0.15) is 27.3 Å². The highest BCUT2D eigenvalue weighted by Crippen LogP contribution is 2.32. The summed E-state index contributed by atoms with van der Waals surface area (Å²) in [6.45, 7) is 0.557.